The Morgan fingerprint density at radius 2 is 2.15 bits per heavy atom. The van der Waals surface area contributed by atoms with Gasteiger partial charge in [-0.1, -0.05) is 13.8 Å². The van der Waals surface area contributed by atoms with Gasteiger partial charge in [-0.15, -0.1) is 24.0 Å². The minimum Gasteiger partial charge on any atom is -0.382 e. The van der Waals surface area contributed by atoms with Crippen LogP contribution in [0.25, 0.3) is 0 Å². The molecular weight excluding hydrogens is 369 g/mol. The molecule has 0 radical (unpaired) electrons. The molecule has 0 aromatic rings. The van der Waals surface area contributed by atoms with Crippen LogP contribution in [-0.2, 0) is 9.47 Å². The largest absolute Gasteiger partial charge is 0.382 e. The first-order valence-corrected chi connectivity index (χ1v) is 7.19. The van der Waals surface area contributed by atoms with Crippen LogP contribution < -0.4 is 5.32 Å². The summed E-state index contributed by atoms with van der Waals surface area (Å²) in [6.07, 6.45) is 1.18. The van der Waals surface area contributed by atoms with Crippen molar-refractivity contribution in [3.05, 3.63) is 0 Å². The summed E-state index contributed by atoms with van der Waals surface area (Å²) < 4.78 is 10.6. The molecule has 6 heteroatoms. The standard InChI is InChI=1S/C14H29N3O2.HI/c1-12(2)9-16-14(15-3)17-6-5-13(10-17)11-19-8-7-18-4;/h12-13H,5-11H2,1-4H3,(H,15,16);1H. The fourth-order valence-electron chi connectivity index (χ4n) is 2.18. The van der Waals surface area contributed by atoms with Gasteiger partial charge in [0.2, 0.25) is 0 Å². The van der Waals surface area contributed by atoms with Crippen molar-refractivity contribution >= 4 is 29.9 Å². The van der Waals surface area contributed by atoms with E-state index in [0.29, 0.717) is 25.0 Å². The first-order chi connectivity index (χ1) is 9.17. The van der Waals surface area contributed by atoms with Gasteiger partial charge in [0, 0.05) is 39.7 Å². The highest BCUT2D eigenvalue weighted by atomic mass is 127. The highest BCUT2D eigenvalue weighted by Crippen LogP contribution is 2.16. The zero-order valence-electron chi connectivity index (χ0n) is 13.2. The SMILES string of the molecule is CN=C(NCC(C)C)N1CCC(COCCOC)C1.I. The summed E-state index contributed by atoms with van der Waals surface area (Å²) in [6.45, 7) is 9.66. The van der Waals surface area contributed by atoms with Crippen molar-refractivity contribution in [1.82, 2.24) is 10.2 Å². The molecular formula is C14H30IN3O2. The third kappa shape index (κ3) is 7.64. The molecule has 0 amide bonds. The molecule has 0 aromatic heterocycles. The van der Waals surface area contributed by atoms with Crippen LogP contribution in [0.3, 0.4) is 0 Å². The van der Waals surface area contributed by atoms with Crippen LogP contribution in [0.5, 0.6) is 0 Å². The smallest absolute Gasteiger partial charge is 0.193 e. The Kier molecular flexibility index (Phi) is 11.5. The number of methoxy groups -OCH3 is 1. The summed E-state index contributed by atoms with van der Waals surface area (Å²) in [5, 5.41) is 3.42. The van der Waals surface area contributed by atoms with Crippen LogP contribution in [0.4, 0.5) is 0 Å². The molecule has 1 fully saturated rings. The number of hydrogen-bond acceptors (Lipinski definition) is 3. The van der Waals surface area contributed by atoms with Crippen molar-refractivity contribution in [2.45, 2.75) is 20.3 Å². The molecule has 1 aliphatic heterocycles. The van der Waals surface area contributed by atoms with Gasteiger partial charge in [0.1, 0.15) is 0 Å². The van der Waals surface area contributed by atoms with Crippen molar-refractivity contribution in [1.29, 1.82) is 0 Å². The Morgan fingerprint density at radius 3 is 2.75 bits per heavy atom. The third-order valence-corrected chi connectivity index (χ3v) is 3.25. The average Bonchev–Trinajstić information content (AvgIpc) is 2.84. The van der Waals surface area contributed by atoms with E-state index in [1.807, 2.05) is 7.05 Å². The molecule has 0 bridgehead atoms. The number of likely N-dealkylation sites (tertiary alicyclic amines) is 1. The molecule has 120 valence electrons. The van der Waals surface area contributed by atoms with E-state index >= 15 is 0 Å². The van der Waals surface area contributed by atoms with Gasteiger partial charge in [0.15, 0.2) is 5.96 Å². The van der Waals surface area contributed by atoms with E-state index in [1.54, 1.807) is 7.11 Å². The maximum absolute atomic E-state index is 5.61. The maximum Gasteiger partial charge on any atom is 0.193 e. The van der Waals surface area contributed by atoms with E-state index in [9.17, 15) is 0 Å². The van der Waals surface area contributed by atoms with Crippen LogP contribution in [0.2, 0.25) is 0 Å². The second-order valence-electron chi connectivity index (χ2n) is 5.49. The first kappa shape index (κ1) is 19.9. The Bertz CT molecular complexity index is 275. The predicted octanol–water partition coefficient (Wildman–Crippen LogP) is 1.82. The number of nitrogens with zero attached hydrogens (tertiary/aromatic N) is 2. The number of aliphatic imine (C=N–C) groups is 1. The van der Waals surface area contributed by atoms with Gasteiger partial charge in [0.25, 0.3) is 0 Å². The quantitative estimate of drug-likeness (QED) is 0.307. The number of hydrogen-bond donors (Lipinski definition) is 1. The van der Waals surface area contributed by atoms with E-state index in [1.165, 1.54) is 6.42 Å². The molecule has 1 aliphatic rings. The summed E-state index contributed by atoms with van der Waals surface area (Å²) in [6, 6.07) is 0. The van der Waals surface area contributed by atoms with E-state index in [4.69, 9.17) is 9.47 Å². The lowest BCUT2D eigenvalue weighted by Crippen LogP contribution is -2.41. The molecule has 5 nitrogen and oxygen atoms in total. The Morgan fingerprint density at radius 1 is 1.40 bits per heavy atom. The molecule has 0 spiro atoms. The van der Waals surface area contributed by atoms with E-state index < -0.39 is 0 Å². The Balaban J connectivity index is 0.00000361. The molecule has 0 aromatic carbocycles. The van der Waals surface area contributed by atoms with Crippen LogP contribution in [0.15, 0.2) is 4.99 Å². The van der Waals surface area contributed by atoms with Gasteiger partial charge in [-0.05, 0) is 12.3 Å². The second kappa shape index (κ2) is 11.6. The fourth-order valence-corrected chi connectivity index (χ4v) is 2.18. The number of halogens is 1. The summed E-state index contributed by atoms with van der Waals surface area (Å²) in [5.41, 5.74) is 0. The third-order valence-electron chi connectivity index (χ3n) is 3.25. The lowest BCUT2D eigenvalue weighted by atomic mass is 10.1. The van der Waals surface area contributed by atoms with E-state index in [2.05, 4.69) is 29.1 Å². The van der Waals surface area contributed by atoms with Crippen molar-refractivity contribution in [2.24, 2.45) is 16.8 Å². The van der Waals surface area contributed by atoms with Crippen LogP contribution in [-0.4, -0.2) is 64.5 Å². The summed E-state index contributed by atoms with van der Waals surface area (Å²) in [4.78, 5) is 6.68. The van der Waals surface area contributed by atoms with Crippen molar-refractivity contribution < 1.29 is 9.47 Å². The minimum atomic E-state index is 0. The molecule has 1 atom stereocenters. The van der Waals surface area contributed by atoms with E-state index in [-0.39, 0.29) is 24.0 Å². The number of rotatable bonds is 7. The summed E-state index contributed by atoms with van der Waals surface area (Å²) in [5.74, 6) is 2.26. The molecule has 20 heavy (non-hydrogen) atoms. The monoisotopic (exact) mass is 399 g/mol. The van der Waals surface area contributed by atoms with Gasteiger partial charge in [-0.2, -0.15) is 0 Å². The fraction of sp³-hybridized carbons (Fsp3) is 0.929. The average molecular weight is 399 g/mol. The predicted molar refractivity (Wildman–Crippen MR) is 94.0 cm³/mol. The zero-order chi connectivity index (χ0) is 14.1. The van der Waals surface area contributed by atoms with Gasteiger partial charge in [-0.3, -0.25) is 4.99 Å². The molecule has 1 rings (SSSR count). The van der Waals surface area contributed by atoms with Gasteiger partial charge in [0.05, 0.1) is 19.8 Å². The lowest BCUT2D eigenvalue weighted by molar-refractivity contribution is 0.0536. The summed E-state index contributed by atoms with van der Waals surface area (Å²) in [7, 11) is 3.55. The number of nitrogens with one attached hydrogen (secondary N) is 1. The molecule has 1 heterocycles. The van der Waals surface area contributed by atoms with Crippen LogP contribution in [0, 0.1) is 11.8 Å². The van der Waals surface area contributed by atoms with Crippen LogP contribution in [0.1, 0.15) is 20.3 Å². The molecule has 1 unspecified atom stereocenters. The highest BCUT2D eigenvalue weighted by Gasteiger charge is 2.24. The van der Waals surface area contributed by atoms with E-state index in [0.717, 1.165) is 32.2 Å². The molecule has 0 aliphatic carbocycles. The van der Waals surface area contributed by atoms with Gasteiger partial charge >= 0.3 is 0 Å². The maximum atomic E-state index is 5.61. The first-order valence-electron chi connectivity index (χ1n) is 7.19. The Labute approximate surface area is 140 Å². The van der Waals surface area contributed by atoms with Gasteiger partial charge < -0.3 is 19.7 Å². The molecule has 1 saturated heterocycles. The topological polar surface area (TPSA) is 46.1 Å². The van der Waals surface area contributed by atoms with Crippen molar-refractivity contribution in [3.8, 4) is 0 Å². The number of guanidine groups is 1. The van der Waals surface area contributed by atoms with Crippen molar-refractivity contribution in [2.75, 3.05) is 53.6 Å². The molecule has 1 N–H and O–H groups in total. The Hall–Kier alpha value is -0.0800. The van der Waals surface area contributed by atoms with Crippen LogP contribution >= 0.6 is 24.0 Å². The zero-order valence-corrected chi connectivity index (χ0v) is 15.6. The van der Waals surface area contributed by atoms with Gasteiger partial charge in [-0.25, -0.2) is 0 Å². The number of ether oxygens (including phenoxy) is 2. The normalized spacial score (nSPS) is 19.4. The highest BCUT2D eigenvalue weighted by molar-refractivity contribution is 14.0. The van der Waals surface area contributed by atoms with Crippen molar-refractivity contribution in [3.63, 3.8) is 0 Å². The molecule has 0 saturated carbocycles. The minimum absolute atomic E-state index is 0. The lowest BCUT2D eigenvalue weighted by Gasteiger charge is -2.22. The second-order valence-corrected chi connectivity index (χ2v) is 5.49. The summed E-state index contributed by atoms with van der Waals surface area (Å²) >= 11 is 0.